The van der Waals surface area contributed by atoms with Crippen molar-refractivity contribution in [2.75, 3.05) is 0 Å². The molecule has 0 saturated carbocycles. The maximum Gasteiger partial charge on any atom is 0.124 e. The first kappa shape index (κ1) is 7.25. The Morgan fingerprint density at radius 1 is 0.929 bits per heavy atom. The molecule has 0 amide bonds. The summed E-state index contributed by atoms with van der Waals surface area (Å²) in [5.41, 5.74) is 1.55. The molecule has 0 fully saturated rings. The lowest BCUT2D eigenvalue weighted by atomic mass is 10.2. The number of fused-ring (bicyclic) bond motifs is 3. The van der Waals surface area contributed by atoms with Crippen LogP contribution in [0.1, 0.15) is 0 Å². The molecule has 5 heteroatoms. The third-order valence-corrected chi connectivity index (χ3v) is 2.08. The molecule has 0 aliphatic carbocycles. The zero-order chi connectivity index (χ0) is 9.38. The lowest BCUT2D eigenvalue weighted by Gasteiger charge is -1.89. The van der Waals surface area contributed by atoms with Crippen molar-refractivity contribution in [3.63, 3.8) is 0 Å². The van der Waals surface area contributed by atoms with E-state index in [0.717, 1.165) is 21.8 Å². The number of hydrogen-bond acceptors (Lipinski definition) is 5. The fourth-order valence-electron chi connectivity index (χ4n) is 1.42. The molecule has 0 aliphatic heterocycles. The van der Waals surface area contributed by atoms with Crippen molar-refractivity contribution in [3.05, 3.63) is 30.9 Å². The zero-order valence-corrected chi connectivity index (χ0v) is 7.12. The summed E-state index contributed by atoms with van der Waals surface area (Å²) in [6.45, 7) is 0. The Balaban J connectivity index is 2.64. The zero-order valence-electron chi connectivity index (χ0n) is 7.12. The fraction of sp³-hybridized carbons (Fsp3) is 0. The molecule has 0 N–H and O–H groups in total. The highest BCUT2D eigenvalue weighted by molar-refractivity contribution is 6.02. The molecule has 2 heterocycles. The van der Waals surface area contributed by atoms with Gasteiger partial charge in [0.25, 0.3) is 0 Å². The first-order valence-corrected chi connectivity index (χ1v) is 4.12. The quantitative estimate of drug-likeness (QED) is 0.519. The van der Waals surface area contributed by atoms with Crippen molar-refractivity contribution in [1.29, 1.82) is 0 Å². The molecule has 0 bridgehead atoms. The van der Waals surface area contributed by atoms with E-state index in [1.54, 1.807) is 12.4 Å². The van der Waals surface area contributed by atoms with Gasteiger partial charge in [-0.1, -0.05) is 6.07 Å². The largest absolute Gasteiger partial charge is 0.244 e. The molecule has 3 aromatic rings. The van der Waals surface area contributed by atoms with Gasteiger partial charge in [0.05, 0.1) is 0 Å². The summed E-state index contributed by atoms with van der Waals surface area (Å²) in [6.07, 6.45) is 4.97. The smallest absolute Gasteiger partial charge is 0.124 e. The van der Waals surface area contributed by atoms with Crippen molar-refractivity contribution in [2.45, 2.75) is 0 Å². The number of nitrogens with zero attached hydrogens (tertiary/aromatic N) is 5. The van der Waals surface area contributed by atoms with E-state index >= 15 is 0 Å². The lowest BCUT2D eigenvalue weighted by molar-refractivity contribution is 0.960. The van der Waals surface area contributed by atoms with Crippen LogP contribution in [0.3, 0.4) is 0 Å². The van der Waals surface area contributed by atoms with Gasteiger partial charge in [0.2, 0.25) is 0 Å². The Bertz CT molecular complexity index is 607. The second-order valence-corrected chi connectivity index (χ2v) is 2.90. The van der Waals surface area contributed by atoms with Crippen LogP contribution in [0, 0.1) is 0 Å². The summed E-state index contributed by atoms with van der Waals surface area (Å²) < 4.78 is 0. The Labute approximate surface area is 78.8 Å². The second-order valence-electron chi connectivity index (χ2n) is 2.90. The lowest BCUT2D eigenvalue weighted by Crippen LogP contribution is -1.72. The summed E-state index contributed by atoms with van der Waals surface area (Å²) in [5.74, 6) is 0. The number of rotatable bonds is 0. The van der Waals surface area contributed by atoms with Gasteiger partial charge in [-0.3, -0.25) is 0 Å². The van der Waals surface area contributed by atoms with Crippen molar-refractivity contribution in [1.82, 2.24) is 25.4 Å². The molecule has 0 radical (unpaired) electrons. The van der Waals surface area contributed by atoms with E-state index in [9.17, 15) is 0 Å². The summed E-state index contributed by atoms with van der Waals surface area (Å²) in [6, 6.07) is 3.81. The van der Waals surface area contributed by atoms with E-state index in [1.807, 2.05) is 12.1 Å². The number of benzene rings is 1. The van der Waals surface area contributed by atoms with Gasteiger partial charge < -0.3 is 0 Å². The van der Waals surface area contributed by atoms with Crippen molar-refractivity contribution >= 4 is 21.8 Å². The van der Waals surface area contributed by atoms with Crippen LogP contribution in [-0.2, 0) is 0 Å². The Morgan fingerprint density at radius 3 is 2.86 bits per heavy atom. The van der Waals surface area contributed by atoms with Gasteiger partial charge in [0, 0.05) is 23.2 Å². The highest BCUT2D eigenvalue weighted by atomic mass is 15.3. The minimum Gasteiger partial charge on any atom is -0.244 e. The second kappa shape index (κ2) is 2.66. The van der Waals surface area contributed by atoms with Gasteiger partial charge in [-0.05, 0) is 11.3 Å². The molecule has 0 aliphatic rings. The monoisotopic (exact) mass is 183 g/mol. The molecular formula is C9H5N5. The summed E-state index contributed by atoms with van der Waals surface area (Å²) >= 11 is 0. The minimum atomic E-state index is 0.771. The number of hydrogen-bond donors (Lipinski definition) is 0. The van der Waals surface area contributed by atoms with E-state index in [-0.39, 0.29) is 0 Å². The molecule has 0 atom stereocenters. The first-order chi connectivity index (χ1) is 6.95. The van der Waals surface area contributed by atoms with Crippen LogP contribution in [0.25, 0.3) is 21.8 Å². The van der Waals surface area contributed by atoms with Crippen LogP contribution in [-0.4, -0.2) is 25.4 Å². The van der Waals surface area contributed by atoms with Gasteiger partial charge in [-0.2, -0.15) is 0 Å². The van der Waals surface area contributed by atoms with E-state index in [0.29, 0.717) is 0 Å². The molecule has 0 unspecified atom stereocenters. The third-order valence-electron chi connectivity index (χ3n) is 2.08. The molecule has 0 saturated heterocycles. The van der Waals surface area contributed by atoms with E-state index < -0.39 is 0 Å². The molecule has 2 aromatic heterocycles. The maximum absolute atomic E-state index is 4.00. The van der Waals surface area contributed by atoms with Crippen molar-refractivity contribution < 1.29 is 0 Å². The van der Waals surface area contributed by atoms with E-state index in [1.165, 1.54) is 6.33 Å². The highest BCUT2D eigenvalue weighted by Crippen LogP contribution is 2.19. The highest BCUT2D eigenvalue weighted by Gasteiger charge is 2.02. The average Bonchev–Trinajstić information content (AvgIpc) is 2.55. The van der Waals surface area contributed by atoms with E-state index in [4.69, 9.17) is 0 Å². The van der Waals surface area contributed by atoms with Gasteiger partial charge >= 0.3 is 0 Å². The Hall–Kier alpha value is -2.17. The molecule has 1 aromatic carbocycles. The van der Waals surface area contributed by atoms with E-state index in [2.05, 4.69) is 25.4 Å². The molecule has 5 nitrogen and oxygen atoms in total. The van der Waals surface area contributed by atoms with Gasteiger partial charge in [0.15, 0.2) is 0 Å². The fourth-order valence-corrected chi connectivity index (χ4v) is 1.42. The molecule has 0 spiro atoms. The summed E-state index contributed by atoms with van der Waals surface area (Å²) in [7, 11) is 0. The Morgan fingerprint density at radius 2 is 1.86 bits per heavy atom. The summed E-state index contributed by atoms with van der Waals surface area (Å²) in [5, 5.41) is 13.4. The van der Waals surface area contributed by atoms with Gasteiger partial charge in [-0.15, -0.1) is 10.2 Å². The number of aromatic nitrogens is 5. The van der Waals surface area contributed by atoms with Crippen LogP contribution in [0.5, 0.6) is 0 Å². The third kappa shape index (κ3) is 0.922. The maximum atomic E-state index is 4.00. The standard InChI is InChI=1S/C9H5N5/c1-2-8-9(13-14-12-8)7-4-11-5-10-3-6(1)7/h1-5H. The van der Waals surface area contributed by atoms with Crippen LogP contribution in [0.2, 0.25) is 0 Å². The first-order valence-electron chi connectivity index (χ1n) is 4.12. The molecule has 3 rings (SSSR count). The van der Waals surface area contributed by atoms with Crippen molar-refractivity contribution in [3.8, 4) is 0 Å². The van der Waals surface area contributed by atoms with Gasteiger partial charge in [0.1, 0.15) is 17.4 Å². The van der Waals surface area contributed by atoms with Gasteiger partial charge in [-0.25, -0.2) is 9.97 Å². The van der Waals surface area contributed by atoms with Crippen LogP contribution < -0.4 is 0 Å². The SMILES string of the molecule is c1ncc2ccc3nnnc3c2cn1. The van der Waals surface area contributed by atoms with Crippen LogP contribution >= 0.6 is 0 Å². The topological polar surface area (TPSA) is 64.5 Å². The average molecular weight is 183 g/mol. The van der Waals surface area contributed by atoms with Crippen LogP contribution in [0.15, 0.2) is 30.9 Å². The van der Waals surface area contributed by atoms with Crippen molar-refractivity contribution in [2.24, 2.45) is 0 Å². The normalized spacial score (nSPS) is 10.9. The Kier molecular flexibility index (Phi) is 1.38. The van der Waals surface area contributed by atoms with Crippen LogP contribution in [0.4, 0.5) is 0 Å². The predicted octanol–water partition coefficient (Wildman–Crippen LogP) is 0.968. The summed E-state index contributed by atoms with van der Waals surface area (Å²) in [4.78, 5) is 7.99. The minimum absolute atomic E-state index is 0.771. The predicted molar refractivity (Wildman–Crippen MR) is 50.4 cm³/mol. The molecular weight excluding hydrogens is 178 g/mol. The molecule has 14 heavy (non-hydrogen) atoms. The molecule has 66 valence electrons.